The van der Waals surface area contributed by atoms with Crippen LogP contribution >= 0.6 is 0 Å². The fourth-order valence-electron chi connectivity index (χ4n) is 4.04. The predicted molar refractivity (Wildman–Crippen MR) is 106 cm³/mol. The minimum atomic E-state index is -0.0304. The van der Waals surface area contributed by atoms with Crippen LogP contribution in [0.1, 0.15) is 25.3 Å². The van der Waals surface area contributed by atoms with Crippen molar-refractivity contribution in [2.75, 3.05) is 31.6 Å². The predicted octanol–water partition coefficient (Wildman–Crippen LogP) is 2.55. The second-order valence-corrected chi connectivity index (χ2v) is 7.29. The van der Waals surface area contributed by atoms with Gasteiger partial charge in [0.15, 0.2) is 0 Å². The van der Waals surface area contributed by atoms with Crippen molar-refractivity contribution in [1.29, 1.82) is 0 Å². The topological polar surface area (TPSA) is 63.6 Å². The number of aromatic nitrogens is 1. The van der Waals surface area contributed by atoms with E-state index >= 15 is 0 Å². The van der Waals surface area contributed by atoms with Crippen LogP contribution < -0.4 is 10.9 Å². The number of carbonyl (C=O) groups excluding carboxylic acids is 1. The second kappa shape index (κ2) is 7.56. The Hall–Kier alpha value is -2.60. The molecule has 3 heterocycles. The molecule has 2 aromatic rings. The van der Waals surface area contributed by atoms with Gasteiger partial charge in [0, 0.05) is 55.7 Å². The van der Waals surface area contributed by atoms with Gasteiger partial charge in [-0.2, -0.15) is 0 Å². The maximum Gasteiger partial charge on any atom is 0.258 e. The first-order valence-corrected chi connectivity index (χ1v) is 9.56. The van der Waals surface area contributed by atoms with Gasteiger partial charge in [-0.25, -0.2) is 0 Å². The normalized spacial score (nSPS) is 20.7. The van der Waals surface area contributed by atoms with E-state index in [0.717, 1.165) is 42.3 Å². The van der Waals surface area contributed by atoms with Crippen molar-refractivity contribution < 1.29 is 9.53 Å². The highest BCUT2D eigenvalue weighted by Crippen LogP contribution is 2.23. The summed E-state index contributed by atoms with van der Waals surface area (Å²) in [7, 11) is 0. The number of hydrogen-bond donors (Lipinski definition) is 1. The lowest BCUT2D eigenvalue weighted by Crippen LogP contribution is -2.30. The molecule has 2 aliphatic heterocycles. The molecule has 2 aliphatic rings. The van der Waals surface area contributed by atoms with Crippen LogP contribution in [0.25, 0.3) is 10.8 Å². The Labute approximate surface area is 158 Å². The van der Waals surface area contributed by atoms with Crippen LogP contribution in [0, 0.1) is 0 Å². The first kappa shape index (κ1) is 17.8. The summed E-state index contributed by atoms with van der Waals surface area (Å²) in [5.74, 6) is -0.0304. The second-order valence-electron chi connectivity index (χ2n) is 7.29. The van der Waals surface area contributed by atoms with E-state index < -0.39 is 0 Å². The molecule has 1 amide bonds. The maximum atomic E-state index is 13.0. The summed E-state index contributed by atoms with van der Waals surface area (Å²) in [6, 6.07) is 8.32. The quantitative estimate of drug-likeness (QED) is 0.844. The van der Waals surface area contributed by atoms with E-state index in [-0.39, 0.29) is 23.6 Å². The third-order valence-corrected chi connectivity index (χ3v) is 5.56. The number of nitrogens with one attached hydrogen (secondary N) is 1. The molecular formula is C21H25N3O3. The van der Waals surface area contributed by atoms with Crippen LogP contribution in [-0.2, 0) is 9.53 Å². The summed E-state index contributed by atoms with van der Waals surface area (Å²) in [5, 5.41) is 5.15. The standard InChI is InChI=1S/C21H25N3O3/c1-2-20(25)23-9-6-17(14-23)22-16-4-3-15-5-10-24(21(26)19(15)13-16)18-7-11-27-12-8-18/h2-5,10,13,17-18,22H,1,6-9,11-12,14H2. The summed E-state index contributed by atoms with van der Waals surface area (Å²) in [5.41, 5.74) is 0.972. The highest BCUT2D eigenvalue weighted by molar-refractivity contribution is 5.87. The minimum Gasteiger partial charge on any atom is -0.381 e. The number of hydrogen-bond acceptors (Lipinski definition) is 4. The van der Waals surface area contributed by atoms with E-state index in [1.807, 2.05) is 35.0 Å². The van der Waals surface area contributed by atoms with Crippen LogP contribution in [0.5, 0.6) is 0 Å². The van der Waals surface area contributed by atoms with Crippen LogP contribution in [-0.4, -0.2) is 47.7 Å². The van der Waals surface area contributed by atoms with Crippen LogP contribution in [0.2, 0.25) is 0 Å². The summed E-state index contributed by atoms with van der Waals surface area (Å²) >= 11 is 0. The van der Waals surface area contributed by atoms with Gasteiger partial charge in [0.1, 0.15) is 0 Å². The molecule has 0 saturated carbocycles. The lowest BCUT2D eigenvalue weighted by molar-refractivity contribution is -0.125. The van der Waals surface area contributed by atoms with Crippen molar-refractivity contribution in [2.45, 2.75) is 31.3 Å². The lowest BCUT2D eigenvalue weighted by atomic mass is 10.1. The van der Waals surface area contributed by atoms with Crippen LogP contribution in [0.3, 0.4) is 0 Å². The summed E-state index contributed by atoms with van der Waals surface area (Å²) < 4.78 is 7.27. The van der Waals surface area contributed by atoms with Crippen molar-refractivity contribution in [3.05, 3.63) is 53.5 Å². The number of fused-ring (bicyclic) bond motifs is 1. The van der Waals surface area contributed by atoms with Gasteiger partial charge in [0.05, 0.1) is 0 Å². The van der Waals surface area contributed by atoms with E-state index in [4.69, 9.17) is 4.74 Å². The Kier molecular flexibility index (Phi) is 4.99. The molecule has 2 fully saturated rings. The average Bonchev–Trinajstić information content (AvgIpc) is 3.17. The number of carbonyl (C=O) groups is 1. The molecule has 6 nitrogen and oxygen atoms in total. The van der Waals surface area contributed by atoms with Crippen molar-refractivity contribution >= 4 is 22.4 Å². The molecule has 27 heavy (non-hydrogen) atoms. The molecule has 6 heteroatoms. The molecule has 2 saturated heterocycles. The molecule has 1 N–H and O–H groups in total. The number of anilines is 1. The van der Waals surface area contributed by atoms with Gasteiger partial charge in [-0.05, 0) is 48.9 Å². The monoisotopic (exact) mass is 367 g/mol. The van der Waals surface area contributed by atoms with Crippen molar-refractivity contribution in [1.82, 2.24) is 9.47 Å². The summed E-state index contributed by atoms with van der Waals surface area (Å²) in [6.45, 7) is 6.35. The third-order valence-electron chi connectivity index (χ3n) is 5.56. The average molecular weight is 367 g/mol. The number of ether oxygens (including phenoxy) is 1. The smallest absolute Gasteiger partial charge is 0.258 e. The highest BCUT2D eigenvalue weighted by Gasteiger charge is 2.24. The van der Waals surface area contributed by atoms with E-state index in [9.17, 15) is 9.59 Å². The summed E-state index contributed by atoms with van der Waals surface area (Å²) in [4.78, 5) is 26.6. The molecule has 1 aromatic heterocycles. The number of likely N-dealkylation sites (tertiary alicyclic amines) is 1. The van der Waals surface area contributed by atoms with Gasteiger partial charge in [-0.3, -0.25) is 9.59 Å². The minimum absolute atomic E-state index is 0.0304. The number of rotatable bonds is 4. The number of benzene rings is 1. The molecule has 1 atom stereocenters. The van der Waals surface area contributed by atoms with Gasteiger partial charge in [-0.1, -0.05) is 12.6 Å². The highest BCUT2D eigenvalue weighted by atomic mass is 16.5. The molecule has 0 aliphatic carbocycles. The van der Waals surface area contributed by atoms with Gasteiger partial charge in [0.2, 0.25) is 5.91 Å². The fourth-order valence-corrected chi connectivity index (χ4v) is 4.04. The first-order valence-electron chi connectivity index (χ1n) is 9.56. The Morgan fingerprint density at radius 2 is 2.04 bits per heavy atom. The Balaban J connectivity index is 1.56. The van der Waals surface area contributed by atoms with Gasteiger partial charge in [-0.15, -0.1) is 0 Å². The van der Waals surface area contributed by atoms with Gasteiger partial charge >= 0.3 is 0 Å². The van der Waals surface area contributed by atoms with E-state index in [1.54, 1.807) is 4.90 Å². The zero-order valence-corrected chi connectivity index (χ0v) is 15.4. The third kappa shape index (κ3) is 3.62. The lowest BCUT2D eigenvalue weighted by Gasteiger charge is -2.24. The number of amides is 1. The first-order chi connectivity index (χ1) is 13.2. The fraction of sp³-hybridized carbons (Fsp3) is 0.429. The molecule has 4 rings (SSSR count). The SMILES string of the molecule is C=CC(=O)N1CCC(Nc2ccc3ccn(C4CCOCC4)c(=O)c3c2)C1. The number of nitrogens with zero attached hydrogens (tertiary/aromatic N) is 2. The zero-order valence-electron chi connectivity index (χ0n) is 15.4. The molecule has 1 unspecified atom stereocenters. The van der Waals surface area contributed by atoms with Gasteiger partial charge in [0.25, 0.3) is 5.56 Å². The van der Waals surface area contributed by atoms with E-state index in [1.165, 1.54) is 6.08 Å². The largest absolute Gasteiger partial charge is 0.381 e. The van der Waals surface area contributed by atoms with E-state index in [2.05, 4.69) is 11.9 Å². The Morgan fingerprint density at radius 3 is 2.81 bits per heavy atom. The molecule has 1 aromatic carbocycles. The number of pyridine rings is 1. The molecule has 0 bridgehead atoms. The van der Waals surface area contributed by atoms with Crippen LogP contribution in [0.4, 0.5) is 5.69 Å². The van der Waals surface area contributed by atoms with E-state index in [0.29, 0.717) is 19.8 Å². The Morgan fingerprint density at radius 1 is 1.22 bits per heavy atom. The van der Waals surface area contributed by atoms with Crippen LogP contribution in [0.15, 0.2) is 47.9 Å². The van der Waals surface area contributed by atoms with Crippen molar-refractivity contribution in [3.63, 3.8) is 0 Å². The van der Waals surface area contributed by atoms with Crippen molar-refractivity contribution in [3.8, 4) is 0 Å². The molecule has 0 radical (unpaired) electrons. The molecule has 142 valence electrons. The zero-order chi connectivity index (χ0) is 18.8. The summed E-state index contributed by atoms with van der Waals surface area (Å²) in [6.07, 6.45) is 5.90. The molecular weight excluding hydrogens is 342 g/mol. The van der Waals surface area contributed by atoms with Gasteiger partial charge < -0.3 is 19.5 Å². The maximum absolute atomic E-state index is 13.0. The Bertz CT molecular complexity index is 915. The molecule has 0 spiro atoms. The van der Waals surface area contributed by atoms with Crippen molar-refractivity contribution in [2.24, 2.45) is 0 Å².